The van der Waals surface area contributed by atoms with Gasteiger partial charge < -0.3 is 15.5 Å². The highest BCUT2D eigenvalue weighted by molar-refractivity contribution is 6.34. The summed E-state index contributed by atoms with van der Waals surface area (Å²) in [6, 6.07) is 5.14. The van der Waals surface area contributed by atoms with E-state index in [0.717, 1.165) is 13.1 Å². The third-order valence-corrected chi connectivity index (χ3v) is 4.44. The molecule has 1 aromatic rings. The van der Waals surface area contributed by atoms with Gasteiger partial charge in [-0.3, -0.25) is 9.69 Å². The van der Waals surface area contributed by atoms with E-state index in [1.54, 1.807) is 23.1 Å². The standard InChI is InChI=1S/C15H19ClN4O2.ClH/c1-10-9-17-4-6-19(10)14(21)12-8-11(2-3-13(12)16)20-7-5-18-15(20)22;/h2-3,8,10,17H,4-7,9H2,1H3,(H,18,22);1H/t10-;/m1./s1. The van der Waals surface area contributed by atoms with Gasteiger partial charge in [0.05, 0.1) is 10.6 Å². The fourth-order valence-corrected chi connectivity index (χ4v) is 3.06. The summed E-state index contributed by atoms with van der Waals surface area (Å²) in [5.74, 6) is -0.0829. The number of nitrogens with zero attached hydrogens (tertiary/aromatic N) is 2. The Balaban J connectivity index is 0.00000192. The molecular formula is C15H20Cl2N4O2. The summed E-state index contributed by atoms with van der Waals surface area (Å²) in [6.07, 6.45) is 0. The van der Waals surface area contributed by atoms with Gasteiger partial charge >= 0.3 is 6.03 Å². The van der Waals surface area contributed by atoms with Crippen molar-refractivity contribution in [2.45, 2.75) is 13.0 Å². The van der Waals surface area contributed by atoms with Crippen LogP contribution < -0.4 is 15.5 Å². The summed E-state index contributed by atoms with van der Waals surface area (Å²) < 4.78 is 0. The van der Waals surface area contributed by atoms with Gasteiger partial charge in [-0.05, 0) is 25.1 Å². The van der Waals surface area contributed by atoms with Gasteiger partial charge in [0.2, 0.25) is 0 Å². The molecule has 2 N–H and O–H groups in total. The van der Waals surface area contributed by atoms with Crippen molar-refractivity contribution in [2.75, 3.05) is 37.6 Å². The van der Waals surface area contributed by atoms with E-state index in [4.69, 9.17) is 11.6 Å². The Morgan fingerprint density at radius 3 is 2.74 bits per heavy atom. The maximum Gasteiger partial charge on any atom is 0.321 e. The van der Waals surface area contributed by atoms with Crippen molar-refractivity contribution in [2.24, 2.45) is 0 Å². The molecule has 6 nitrogen and oxygen atoms in total. The van der Waals surface area contributed by atoms with Crippen molar-refractivity contribution in [3.8, 4) is 0 Å². The maximum atomic E-state index is 12.8. The van der Waals surface area contributed by atoms with Crippen LogP contribution in [0.2, 0.25) is 5.02 Å². The van der Waals surface area contributed by atoms with Crippen molar-refractivity contribution in [3.05, 3.63) is 28.8 Å². The van der Waals surface area contributed by atoms with Crippen LogP contribution in [0.5, 0.6) is 0 Å². The van der Waals surface area contributed by atoms with Gasteiger partial charge in [-0.2, -0.15) is 0 Å². The lowest BCUT2D eigenvalue weighted by molar-refractivity contribution is 0.0656. The van der Waals surface area contributed by atoms with Gasteiger partial charge in [0.1, 0.15) is 0 Å². The molecular weight excluding hydrogens is 339 g/mol. The smallest absolute Gasteiger partial charge is 0.321 e. The number of halogens is 2. The van der Waals surface area contributed by atoms with Crippen molar-refractivity contribution in [3.63, 3.8) is 0 Å². The topological polar surface area (TPSA) is 64.7 Å². The number of piperazine rings is 1. The van der Waals surface area contributed by atoms with Crippen LogP contribution in [0.25, 0.3) is 0 Å². The van der Waals surface area contributed by atoms with Gasteiger partial charge in [-0.25, -0.2) is 4.79 Å². The van der Waals surface area contributed by atoms with Crippen LogP contribution in [0, 0.1) is 0 Å². The minimum Gasteiger partial charge on any atom is -0.336 e. The van der Waals surface area contributed by atoms with Gasteiger partial charge in [-0.15, -0.1) is 12.4 Å². The molecule has 8 heteroatoms. The minimum absolute atomic E-state index is 0. The van der Waals surface area contributed by atoms with Crippen LogP contribution in [-0.2, 0) is 0 Å². The molecule has 2 fully saturated rings. The zero-order chi connectivity index (χ0) is 15.7. The van der Waals surface area contributed by atoms with E-state index in [1.807, 2.05) is 11.8 Å². The molecule has 3 rings (SSSR count). The molecule has 0 spiro atoms. The normalized spacial score (nSPS) is 21.0. The molecule has 0 bridgehead atoms. The lowest BCUT2D eigenvalue weighted by Crippen LogP contribution is -2.52. The first-order valence-electron chi connectivity index (χ1n) is 7.44. The second-order valence-electron chi connectivity index (χ2n) is 5.60. The molecule has 0 aromatic heterocycles. The van der Waals surface area contributed by atoms with Crippen molar-refractivity contribution < 1.29 is 9.59 Å². The Labute approximate surface area is 146 Å². The van der Waals surface area contributed by atoms with Gasteiger partial charge in [-0.1, -0.05) is 11.6 Å². The third-order valence-electron chi connectivity index (χ3n) is 4.11. The first-order valence-corrected chi connectivity index (χ1v) is 7.82. The second-order valence-corrected chi connectivity index (χ2v) is 6.01. The average molecular weight is 359 g/mol. The molecule has 2 aliphatic rings. The van der Waals surface area contributed by atoms with Crippen molar-refractivity contribution in [1.29, 1.82) is 0 Å². The summed E-state index contributed by atoms with van der Waals surface area (Å²) >= 11 is 6.22. The highest BCUT2D eigenvalue weighted by Crippen LogP contribution is 2.26. The Hall–Kier alpha value is -1.50. The highest BCUT2D eigenvalue weighted by atomic mass is 35.5. The second kappa shape index (κ2) is 7.38. The Kier molecular flexibility index (Phi) is 5.73. The zero-order valence-corrected chi connectivity index (χ0v) is 14.4. The van der Waals surface area contributed by atoms with E-state index >= 15 is 0 Å². The van der Waals surface area contributed by atoms with Crippen LogP contribution in [-0.4, -0.2) is 55.6 Å². The molecule has 23 heavy (non-hydrogen) atoms. The number of carbonyl (C=O) groups is 2. The monoisotopic (exact) mass is 358 g/mol. The zero-order valence-electron chi connectivity index (χ0n) is 12.8. The molecule has 0 saturated carbocycles. The molecule has 1 atom stereocenters. The lowest BCUT2D eigenvalue weighted by Gasteiger charge is -2.34. The van der Waals surface area contributed by atoms with Crippen molar-refractivity contribution in [1.82, 2.24) is 15.5 Å². The quantitative estimate of drug-likeness (QED) is 0.845. The predicted octanol–water partition coefficient (Wildman–Crippen LogP) is 1.73. The number of amides is 3. The summed E-state index contributed by atoms with van der Waals surface area (Å²) in [5, 5.41) is 6.43. The SMILES string of the molecule is C[C@@H]1CNCCN1C(=O)c1cc(N2CCNC2=O)ccc1Cl.Cl. The number of urea groups is 1. The molecule has 2 saturated heterocycles. The van der Waals surface area contributed by atoms with E-state index in [0.29, 0.717) is 35.9 Å². The highest BCUT2D eigenvalue weighted by Gasteiger charge is 2.27. The number of hydrogen-bond donors (Lipinski definition) is 2. The van der Waals surface area contributed by atoms with E-state index < -0.39 is 0 Å². The molecule has 0 aliphatic carbocycles. The van der Waals surface area contributed by atoms with E-state index in [1.165, 1.54) is 0 Å². The largest absolute Gasteiger partial charge is 0.336 e. The number of anilines is 1. The Morgan fingerprint density at radius 2 is 2.09 bits per heavy atom. The lowest BCUT2D eigenvalue weighted by atomic mass is 10.1. The number of hydrogen-bond acceptors (Lipinski definition) is 3. The fraction of sp³-hybridized carbons (Fsp3) is 0.467. The minimum atomic E-state index is -0.142. The average Bonchev–Trinajstić information content (AvgIpc) is 2.94. The maximum absolute atomic E-state index is 12.8. The molecule has 0 unspecified atom stereocenters. The summed E-state index contributed by atoms with van der Waals surface area (Å²) in [6.45, 7) is 5.43. The molecule has 2 heterocycles. The first-order chi connectivity index (χ1) is 10.6. The van der Waals surface area contributed by atoms with Crippen LogP contribution in [0.15, 0.2) is 18.2 Å². The summed E-state index contributed by atoms with van der Waals surface area (Å²) in [7, 11) is 0. The van der Waals surface area contributed by atoms with Crippen LogP contribution in [0.4, 0.5) is 10.5 Å². The number of rotatable bonds is 2. The Bertz CT molecular complexity index is 611. The molecule has 3 amide bonds. The number of carbonyl (C=O) groups excluding carboxylic acids is 2. The van der Waals surface area contributed by atoms with E-state index in [-0.39, 0.29) is 30.4 Å². The van der Waals surface area contributed by atoms with Crippen molar-refractivity contribution >= 4 is 41.6 Å². The van der Waals surface area contributed by atoms with Gasteiger partial charge in [0.25, 0.3) is 5.91 Å². The predicted molar refractivity (Wildman–Crippen MR) is 92.8 cm³/mol. The number of nitrogens with one attached hydrogen (secondary N) is 2. The summed E-state index contributed by atoms with van der Waals surface area (Å²) in [5.41, 5.74) is 1.15. The molecule has 2 aliphatic heterocycles. The third kappa shape index (κ3) is 3.54. The summed E-state index contributed by atoms with van der Waals surface area (Å²) in [4.78, 5) is 28.0. The molecule has 126 valence electrons. The van der Waals surface area contributed by atoms with Crippen LogP contribution in [0.1, 0.15) is 17.3 Å². The number of benzene rings is 1. The molecule has 1 aromatic carbocycles. The van der Waals surface area contributed by atoms with E-state index in [9.17, 15) is 9.59 Å². The molecule has 0 radical (unpaired) electrons. The van der Waals surface area contributed by atoms with Gasteiger partial charge in [0.15, 0.2) is 0 Å². The fourth-order valence-electron chi connectivity index (χ4n) is 2.86. The van der Waals surface area contributed by atoms with Gasteiger partial charge in [0, 0.05) is 44.5 Å². The Morgan fingerprint density at radius 1 is 1.30 bits per heavy atom. The van der Waals surface area contributed by atoms with E-state index in [2.05, 4.69) is 10.6 Å². The van der Waals surface area contributed by atoms with Crippen LogP contribution >= 0.6 is 24.0 Å². The first kappa shape index (κ1) is 17.8. The van der Waals surface area contributed by atoms with Crippen LogP contribution in [0.3, 0.4) is 0 Å².